The molecule has 132 valence electrons. The van der Waals surface area contributed by atoms with Crippen molar-refractivity contribution >= 4 is 5.91 Å². The first-order valence-electron chi connectivity index (χ1n) is 8.63. The van der Waals surface area contributed by atoms with Gasteiger partial charge in [0.25, 0.3) is 11.5 Å². The monoisotopic (exact) mass is 343 g/mol. The molecule has 1 aliphatic carbocycles. The molecule has 1 atom stereocenters. The van der Waals surface area contributed by atoms with Crippen molar-refractivity contribution in [3.63, 3.8) is 0 Å². The first kappa shape index (κ1) is 16.0. The molecule has 3 heterocycles. The summed E-state index contributed by atoms with van der Waals surface area (Å²) in [5.74, 6) is 0.918. The van der Waals surface area contributed by atoms with Crippen molar-refractivity contribution < 1.29 is 9.53 Å². The minimum Gasteiger partial charge on any atom is -0.381 e. The van der Waals surface area contributed by atoms with Gasteiger partial charge in [-0.3, -0.25) is 9.59 Å². The summed E-state index contributed by atoms with van der Waals surface area (Å²) in [6, 6.07) is 3.31. The van der Waals surface area contributed by atoms with Crippen LogP contribution >= 0.6 is 0 Å². The predicted octanol–water partition coefficient (Wildman–Crippen LogP) is 0.905. The second kappa shape index (κ2) is 6.44. The third-order valence-electron chi connectivity index (χ3n) is 4.85. The summed E-state index contributed by atoms with van der Waals surface area (Å²) in [5.41, 5.74) is 1.03. The van der Waals surface area contributed by atoms with E-state index in [0.717, 1.165) is 44.7 Å². The van der Waals surface area contributed by atoms with Gasteiger partial charge in [0.05, 0.1) is 24.1 Å². The lowest BCUT2D eigenvalue weighted by Gasteiger charge is -2.25. The Morgan fingerprint density at radius 3 is 2.88 bits per heavy atom. The molecule has 1 amide bonds. The second-order valence-electron chi connectivity index (χ2n) is 6.75. The molecule has 2 fully saturated rings. The average molecular weight is 343 g/mol. The largest absolute Gasteiger partial charge is 0.381 e. The van der Waals surface area contributed by atoms with Crippen molar-refractivity contribution in [1.82, 2.24) is 24.9 Å². The van der Waals surface area contributed by atoms with Crippen LogP contribution in [0.3, 0.4) is 0 Å². The molecule has 0 radical (unpaired) electrons. The number of H-pyrrole nitrogens is 1. The van der Waals surface area contributed by atoms with E-state index in [2.05, 4.69) is 15.3 Å². The first-order chi connectivity index (χ1) is 12.1. The van der Waals surface area contributed by atoms with Gasteiger partial charge in [-0.25, -0.2) is 9.78 Å². The molecule has 1 aliphatic heterocycles. The number of aromatic amines is 1. The van der Waals surface area contributed by atoms with E-state index >= 15 is 0 Å². The summed E-state index contributed by atoms with van der Waals surface area (Å²) < 4.78 is 7.02. The van der Waals surface area contributed by atoms with Crippen LogP contribution in [0.2, 0.25) is 0 Å². The van der Waals surface area contributed by atoms with Gasteiger partial charge >= 0.3 is 0 Å². The number of carbonyl (C=O) groups excluding carboxylic acids is 1. The Morgan fingerprint density at radius 1 is 1.40 bits per heavy atom. The average Bonchev–Trinajstić information content (AvgIpc) is 3.18. The first-order valence-corrected chi connectivity index (χ1v) is 8.63. The van der Waals surface area contributed by atoms with Crippen molar-refractivity contribution in [2.24, 2.45) is 5.92 Å². The molecule has 0 unspecified atom stereocenters. The Hall–Kier alpha value is -2.48. The Bertz CT molecular complexity index is 813. The van der Waals surface area contributed by atoms with Gasteiger partial charge in [-0.1, -0.05) is 0 Å². The number of hydrogen-bond donors (Lipinski definition) is 1. The number of aromatic nitrogens is 4. The van der Waals surface area contributed by atoms with Crippen LogP contribution < -0.4 is 5.56 Å². The number of ether oxygens (including phenoxy) is 1. The van der Waals surface area contributed by atoms with Gasteiger partial charge in [0, 0.05) is 31.2 Å². The fraction of sp³-hybridized carbons (Fsp3) is 0.529. The van der Waals surface area contributed by atoms with Crippen molar-refractivity contribution in [3.05, 3.63) is 39.9 Å². The highest BCUT2D eigenvalue weighted by molar-refractivity contribution is 5.95. The lowest BCUT2D eigenvalue weighted by molar-refractivity contribution is 0.0705. The number of carbonyl (C=O) groups is 1. The molecule has 4 rings (SSSR count). The third-order valence-corrected chi connectivity index (χ3v) is 4.85. The van der Waals surface area contributed by atoms with E-state index in [9.17, 15) is 9.59 Å². The van der Waals surface area contributed by atoms with Crippen molar-refractivity contribution in [2.75, 3.05) is 19.8 Å². The van der Waals surface area contributed by atoms with E-state index in [4.69, 9.17) is 4.74 Å². The van der Waals surface area contributed by atoms with Gasteiger partial charge in [0.2, 0.25) is 0 Å². The standard InChI is InChI=1S/C17H21N5O3/c1-11-14(8-18-22(11)15-4-5-16(23)20-19-15)17(24)21(13-2-3-13)9-12-6-7-25-10-12/h4-5,8,12-13H,2-3,6-7,9-10H2,1H3,(H,20,23)/t12-/m0/s1. The fourth-order valence-electron chi connectivity index (χ4n) is 3.25. The summed E-state index contributed by atoms with van der Waals surface area (Å²) >= 11 is 0. The molecule has 25 heavy (non-hydrogen) atoms. The molecule has 0 bridgehead atoms. The molecule has 8 heteroatoms. The van der Waals surface area contributed by atoms with E-state index in [1.807, 2.05) is 11.8 Å². The number of nitrogens with one attached hydrogen (secondary N) is 1. The summed E-state index contributed by atoms with van der Waals surface area (Å²) in [4.78, 5) is 26.2. The van der Waals surface area contributed by atoms with Crippen LogP contribution in [0.15, 0.2) is 23.1 Å². The summed E-state index contributed by atoms with van der Waals surface area (Å²) in [5, 5.41) is 10.7. The predicted molar refractivity (Wildman–Crippen MR) is 89.7 cm³/mol. The zero-order chi connectivity index (χ0) is 17.4. The fourth-order valence-corrected chi connectivity index (χ4v) is 3.25. The number of amides is 1. The van der Waals surface area contributed by atoms with Crippen LogP contribution in [0.1, 0.15) is 35.3 Å². The van der Waals surface area contributed by atoms with Crippen LogP contribution in [0.25, 0.3) is 5.82 Å². The molecule has 1 saturated heterocycles. The highest BCUT2D eigenvalue weighted by Gasteiger charge is 2.36. The Kier molecular flexibility index (Phi) is 4.12. The van der Waals surface area contributed by atoms with Gasteiger partial charge in [0.15, 0.2) is 5.82 Å². The Morgan fingerprint density at radius 2 is 2.24 bits per heavy atom. The highest BCUT2D eigenvalue weighted by atomic mass is 16.5. The van der Waals surface area contributed by atoms with Crippen LogP contribution in [-0.2, 0) is 4.74 Å². The normalized spacial score (nSPS) is 20.0. The van der Waals surface area contributed by atoms with Gasteiger partial charge < -0.3 is 9.64 Å². The number of nitrogens with zero attached hydrogens (tertiary/aromatic N) is 4. The molecule has 1 N–H and O–H groups in total. The topological polar surface area (TPSA) is 93.1 Å². The Labute approximate surface area is 144 Å². The van der Waals surface area contributed by atoms with Crippen molar-refractivity contribution in [3.8, 4) is 5.82 Å². The van der Waals surface area contributed by atoms with Gasteiger partial charge in [-0.15, -0.1) is 0 Å². The number of hydrogen-bond acceptors (Lipinski definition) is 5. The maximum Gasteiger partial charge on any atom is 0.264 e. The summed E-state index contributed by atoms with van der Waals surface area (Å²) in [6.45, 7) is 4.10. The van der Waals surface area contributed by atoms with Gasteiger partial charge in [-0.05, 0) is 32.3 Å². The molecular formula is C17H21N5O3. The van der Waals surface area contributed by atoms with Crippen LogP contribution in [0.4, 0.5) is 0 Å². The van der Waals surface area contributed by atoms with Crippen molar-refractivity contribution in [2.45, 2.75) is 32.2 Å². The van der Waals surface area contributed by atoms with Crippen LogP contribution in [0, 0.1) is 12.8 Å². The maximum absolute atomic E-state index is 13.1. The molecule has 2 aromatic heterocycles. The summed E-state index contributed by atoms with van der Waals surface area (Å²) in [7, 11) is 0. The zero-order valence-corrected chi connectivity index (χ0v) is 14.1. The van der Waals surface area contributed by atoms with E-state index < -0.39 is 0 Å². The maximum atomic E-state index is 13.1. The molecule has 1 saturated carbocycles. The Balaban J connectivity index is 1.58. The highest BCUT2D eigenvalue weighted by Crippen LogP contribution is 2.31. The van der Waals surface area contributed by atoms with E-state index in [1.165, 1.54) is 6.07 Å². The molecular weight excluding hydrogens is 322 g/mol. The smallest absolute Gasteiger partial charge is 0.264 e. The quantitative estimate of drug-likeness (QED) is 0.871. The van der Waals surface area contributed by atoms with E-state index in [0.29, 0.717) is 23.3 Å². The van der Waals surface area contributed by atoms with Crippen LogP contribution in [0.5, 0.6) is 0 Å². The minimum absolute atomic E-state index is 0.0163. The SMILES string of the molecule is Cc1c(C(=O)N(C[C@@H]2CCOC2)C2CC2)cnn1-c1ccc(=O)[nH]n1. The third kappa shape index (κ3) is 3.21. The molecule has 0 aromatic carbocycles. The molecule has 2 aromatic rings. The lowest BCUT2D eigenvalue weighted by atomic mass is 10.1. The molecule has 8 nitrogen and oxygen atoms in total. The van der Waals surface area contributed by atoms with E-state index in [-0.39, 0.29) is 11.5 Å². The number of rotatable bonds is 5. The van der Waals surface area contributed by atoms with Crippen molar-refractivity contribution in [1.29, 1.82) is 0 Å². The zero-order valence-electron chi connectivity index (χ0n) is 14.1. The molecule has 2 aliphatic rings. The van der Waals surface area contributed by atoms with Gasteiger partial charge in [0.1, 0.15) is 0 Å². The second-order valence-corrected chi connectivity index (χ2v) is 6.75. The minimum atomic E-state index is -0.274. The molecule has 0 spiro atoms. The lowest BCUT2D eigenvalue weighted by Crippen LogP contribution is -2.37. The van der Waals surface area contributed by atoms with E-state index in [1.54, 1.807) is 16.9 Å². The van der Waals surface area contributed by atoms with Gasteiger partial charge in [-0.2, -0.15) is 10.2 Å². The van der Waals surface area contributed by atoms with Crippen LogP contribution in [-0.4, -0.2) is 56.6 Å². The summed E-state index contributed by atoms with van der Waals surface area (Å²) in [6.07, 6.45) is 4.73.